The fourth-order valence-electron chi connectivity index (χ4n) is 3.37. The maximum Gasteiger partial charge on any atom is 0.343 e. The molecular formula is C28H24O4. The van der Waals surface area contributed by atoms with E-state index >= 15 is 0 Å². The molecule has 0 heterocycles. The zero-order valence-electron chi connectivity index (χ0n) is 17.9. The van der Waals surface area contributed by atoms with Crippen molar-refractivity contribution in [2.45, 2.75) is 6.61 Å². The van der Waals surface area contributed by atoms with Gasteiger partial charge in [-0.1, -0.05) is 72.8 Å². The van der Waals surface area contributed by atoms with Crippen molar-refractivity contribution in [1.82, 2.24) is 0 Å². The van der Waals surface area contributed by atoms with Crippen LogP contribution in [0.1, 0.15) is 5.56 Å². The van der Waals surface area contributed by atoms with Gasteiger partial charge in [0.05, 0.1) is 7.11 Å². The van der Waals surface area contributed by atoms with Gasteiger partial charge >= 0.3 is 5.97 Å². The third kappa shape index (κ3) is 5.55. The Bertz CT molecular complexity index is 1110. The molecule has 4 rings (SSSR count). The number of hydrogen-bond acceptors (Lipinski definition) is 4. The van der Waals surface area contributed by atoms with E-state index in [0.717, 1.165) is 33.6 Å². The van der Waals surface area contributed by atoms with Gasteiger partial charge in [0.25, 0.3) is 0 Å². The van der Waals surface area contributed by atoms with E-state index in [1.807, 2.05) is 54.6 Å². The standard InChI is InChI=1S/C28H24O4/c1-30-28(29)20-32-26-14-8-9-21(15-26)19-31-27-17-24(22-10-4-2-5-11-22)16-25(18-27)23-12-6-3-7-13-23/h2-18H,19-20H2,1H3. The predicted molar refractivity (Wildman–Crippen MR) is 126 cm³/mol. The highest BCUT2D eigenvalue weighted by atomic mass is 16.6. The first-order valence-electron chi connectivity index (χ1n) is 10.4. The molecule has 0 spiro atoms. The van der Waals surface area contributed by atoms with E-state index in [-0.39, 0.29) is 6.61 Å². The Kier molecular flexibility index (Phi) is 6.83. The van der Waals surface area contributed by atoms with E-state index in [1.54, 1.807) is 6.07 Å². The van der Waals surface area contributed by atoms with Gasteiger partial charge in [0.2, 0.25) is 0 Å². The Morgan fingerprint density at radius 2 is 1.25 bits per heavy atom. The minimum Gasteiger partial charge on any atom is -0.489 e. The molecule has 0 N–H and O–H groups in total. The number of hydrogen-bond donors (Lipinski definition) is 0. The van der Waals surface area contributed by atoms with Crippen LogP contribution in [0.2, 0.25) is 0 Å². The highest BCUT2D eigenvalue weighted by Crippen LogP contribution is 2.32. The van der Waals surface area contributed by atoms with Gasteiger partial charge in [-0.15, -0.1) is 0 Å². The summed E-state index contributed by atoms with van der Waals surface area (Å²) in [5.74, 6) is 0.962. The molecule has 0 amide bonds. The fraction of sp³-hybridized carbons (Fsp3) is 0.107. The first kappa shape index (κ1) is 21.2. The van der Waals surface area contributed by atoms with Crippen LogP contribution in [-0.4, -0.2) is 19.7 Å². The third-order valence-corrected chi connectivity index (χ3v) is 5.01. The highest BCUT2D eigenvalue weighted by Gasteiger charge is 2.08. The average molecular weight is 424 g/mol. The summed E-state index contributed by atoms with van der Waals surface area (Å²) in [6, 6.07) is 34.3. The largest absolute Gasteiger partial charge is 0.489 e. The van der Waals surface area contributed by atoms with Gasteiger partial charge in [0, 0.05) is 0 Å². The molecule has 0 saturated carbocycles. The van der Waals surface area contributed by atoms with Crippen molar-refractivity contribution in [3.8, 4) is 33.8 Å². The number of carbonyl (C=O) groups excluding carboxylic acids is 1. The van der Waals surface area contributed by atoms with Gasteiger partial charge in [-0.05, 0) is 58.1 Å². The van der Waals surface area contributed by atoms with E-state index < -0.39 is 5.97 Å². The van der Waals surface area contributed by atoms with E-state index in [9.17, 15) is 4.79 Å². The van der Waals surface area contributed by atoms with E-state index in [1.165, 1.54) is 7.11 Å². The number of carbonyl (C=O) groups is 1. The lowest BCUT2D eigenvalue weighted by Gasteiger charge is -2.13. The van der Waals surface area contributed by atoms with Gasteiger partial charge in [0.15, 0.2) is 6.61 Å². The summed E-state index contributed by atoms with van der Waals surface area (Å²) < 4.78 is 16.3. The quantitative estimate of drug-likeness (QED) is 0.318. The summed E-state index contributed by atoms with van der Waals surface area (Å²) >= 11 is 0. The molecule has 0 radical (unpaired) electrons. The van der Waals surface area contributed by atoms with Crippen molar-refractivity contribution in [2.24, 2.45) is 0 Å². The SMILES string of the molecule is COC(=O)COc1cccc(COc2cc(-c3ccccc3)cc(-c3ccccc3)c2)c1. The first-order valence-corrected chi connectivity index (χ1v) is 10.4. The van der Waals surface area contributed by atoms with Crippen molar-refractivity contribution >= 4 is 5.97 Å². The fourth-order valence-corrected chi connectivity index (χ4v) is 3.37. The van der Waals surface area contributed by atoms with E-state index in [0.29, 0.717) is 12.4 Å². The van der Waals surface area contributed by atoms with Crippen LogP contribution in [0.4, 0.5) is 0 Å². The lowest BCUT2D eigenvalue weighted by molar-refractivity contribution is -0.142. The molecule has 0 bridgehead atoms. The van der Waals surface area contributed by atoms with Gasteiger partial charge < -0.3 is 14.2 Å². The second-order valence-corrected chi connectivity index (χ2v) is 7.28. The topological polar surface area (TPSA) is 44.8 Å². The lowest BCUT2D eigenvalue weighted by atomic mass is 9.98. The Hall–Kier alpha value is -4.05. The Morgan fingerprint density at radius 3 is 1.84 bits per heavy atom. The minimum atomic E-state index is -0.419. The van der Waals surface area contributed by atoms with Crippen molar-refractivity contribution in [2.75, 3.05) is 13.7 Å². The molecule has 0 aliphatic rings. The summed E-state index contributed by atoms with van der Waals surface area (Å²) in [4.78, 5) is 11.3. The number of benzene rings is 4. The number of methoxy groups -OCH3 is 1. The van der Waals surface area contributed by atoms with Crippen LogP contribution in [-0.2, 0) is 16.1 Å². The van der Waals surface area contributed by atoms with Crippen LogP contribution >= 0.6 is 0 Å². The van der Waals surface area contributed by atoms with Crippen LogP contribution in [0.3, 0.4) is 0 Å². The molecule has 0 atom stereocenters. The molecule has 0 aromatic heterocycles. The maximum atomic E-state index is 11.3. The molecule has 0 saturated heterocycles. The first-order chi connectivity index (χ1) is 15.7. The van der Waals surface area contributed by atoms with Crippen molar-refractivity contribution in [1.29, 1.82) is 0 Å². The second kappa shape index (κ2) is 10.3. The summed E-state index contributed by atoms with van der Waals surface area (Å²) in [5.41, 5.74) is 5.40. The van der Waals surface area contributed by atoms with Gasteiger partial charge in [-0.3, -0.25) is 0 Å². The third-order valence-electron chi connectivity index (χ3n) is 5.01. The Balaban J connectivity index is 1.56. The highest BCUT2D eigenvalue weighted by molar-refractivity contribution is 5.75. The van der Waals surface area contributed by atoms with Crippen LogP contribution < -0.4 is 9.47 Å². The average Bonchev–Trinajstić information content (AvgIpc) is 2.87. The number of rotatable bonds is 8. The van der Waals surface area contributed by atoms with Crippen LogP contribution in [0.5, 0.6) is 11.5 Å². The lowest BCUT2D eigenvalue weighted by Crippen LogP contribution is -2.12. The molecule has 4 aromatic rings. The van der Waals surface area contributed by atoms with Crippen molar-refractivity contribution < 1.29 is 19.0 Å². The van der Waals surface area contributed by atoms with Crippen molar-refractivity contribution in [3.63, 3.8) is 0 Å². The second-order valence-electron chi connectivity index (χ2n) is 7.28. The molecule has 4 nitrogen and oxygen atoms in total. The van der Waals surface area contributed by atoms with Gasteiger partial charge in [-0.2, -0.15) is 0 Å². The monoisotopic (exact) mass is 424 g/mol. The van der Waals surface area contributed by atoms with Crippen molar-refractivity contribution in [3.05, 3.63) is 109 Å². The minimum absolute atomic E-state index is 0.125. The zero-order chi connectivity index (χ0) is 22.2. The smallest absolute Gasteiger partial charge is 0.343 e. The van der Waals surface area contributed by atoms with Crippen LogP contribution in [0.15, 0.2) is 103 Å². The zero-order valence-corrected chi connectivity index (χ0v) is 17.9. The molecule has 4 aromatic carbocycles. The van der Waals surface area contributed by atoms with Crippen LogP contribution in [0, 0.1) is 0 Å². The molecule has 0 unspecified atom stereocenters. The number of esters is 1. The molecule has 160 valence electrons. The van der Waals surface area contributed by atoms with Crippen LogP contribution in [0.25, 0.3) is 22.3 Å². The summed E-state index contributed by atoms with van der Waals surface area (Å²) in [7, 11) is 1.34. The Labute approximate surface area is 188 Å². The predicted octanol–water partition coefficient (Wildman–Crippen LogP) is 6.15. The molecular weight excluding hydrogens is 400 g/mol. The van der Waals surface area contributed by atoms with E-state index in [4.69, 9.17) is 9.47 Å². The summed E-state index contributed by atoms with van der Waals surface area (Å²) in [5, 5.41) is 0. The molecule has 0 aliphatic heterocycles. The number of ether oxygens (including phenoxy) is 3. The molecule has 0 fully saturated rings. The molecule has 0 aliphatic carbocycles. The Morgan fingerprint density at radius 1 is 0.625 bits per heavy atom. The summed E-state index contributed by atoms with van der Waals surface area (Å²) in [6.07, 6.45) is 0. The van der Waals surface area contributed by atoms with Gasteiger partial charge in [-0.25, -0.2) is 4.79 Å². The van der Waals surface area contributed by atoms with Gasteiger partial charge in [0.1, 0.15) is 18.1 Å². The van der Waals surface area contributed by atoms with E-state index in [2.05, 4.69) is 47.2 Å². The summed E-state index contributed by atoms with van der Waals surface area (Å²) in [6.45, 7) is 0.252. The molecule has 4 heteroatoms. The molecule has 32 heavy (non-hydrogen) atoms. The maximum absolute atomic E-state index is 11.3. The normalized spacial score (nSPS) is 10.4.